The molecule has 1 aromatic heterocycles. The Labute approximate surface area is 111 Å². The number of thiazole rings is 1. The molecule has 1 saturated carbocycles. The number of hydrogen-bond acceptors (Lipinski definition) is 6. The van der Waals surface area contributed by atoms with Gasteiger partial charge < -0.3 is 10.6 Å². The second-order valence-corrected chi connectivity index (χ2v) is 7.53. The maximum atomic E-state index is 12.0. The minimum absolute atomic E-state index is 0.217. The second kappa shape index (κ2) is 5.12. The fraction of sp³-hybridized carbons (Fsp3) is 0.700. The molecule has 102 valence electrons. The van der Waals surface area contributed by atoms with Gasteiger partial charge in [-0.05, 0) is 26.8 Å². The van der Waals surface area contributed by atoms with Crippen LogP contribution >= 0.6 is 11.3 Å². The molecular formula is C10H18N4O2S2. The average molecular weight is 290 g/mol. The minimum Gasteiger partial charge on any atom is -0.375 e. The highest BCUT2D eigenvalue weighted by Gasteiger charge is 2.26. The number of likely N-dealkylation sites (N-methyl/N-ethyl adjacent to an activating group) is 1. The van der Waals surface area contributed by atoms with Crippen LogP contribution in [0.25, 0.3) is 0 Å². The molecule has 1 heterocycles. The zero-order chi connectivity index (χ0) is 13.3. The minimum atomic E-state index is -3.47. The molecule has 0 spiro atoms. The van der Waals surface area contributed by atoms with Gasteiger partial charge in [0.05, 0.1) is 5.69 Å². The van der Waals surface area contributed by atoms with Crippen molar-refractivity contribution in [2.45, 2.75) is 30.0 Å². The summed E-state index contributed by atoms with van der Waals surface area (Å²) in [5.74, 6) is 0. The van der Waals surface area contributed by atoms with Gasteiger partial charge in [0.25, 0.3) is 10.0 Å². The molecular weight excluding hydrogens is 272 g/mol. The number of sulfonamides is 1. The van der Waals surface area contributed by atoms with E-state index in [0.717, 1.165) is 17.9 Å². The van der Waals surface area contributed by atoms with Gasteiger partial charge >= 0.3 is 0 Å². The van der Waals surface area contributed by atoms with E-state index in [9.17, 15) is 8.42 Å². The van der Waals surface area contributed by atoms with Crippen LogP contribution in [0.4, 0.5) is 5.13 Å². The van der Waals surface area contributed by atoms with Gasteiger partial charge in [-0.15, -0.1) is 0 Å². The van der Waals surface area contributed by atoms with Crippen molar-refractivity contribution < 1.29 is 8.42 Å². The largest absolute Gasteiger partial charge is 0.375 e. The lowest BCUT2D eigenvalue weighted by Crippen LogP contribution is -2.33. The molecule has 1 fully saturated rings. The smallest absolute Gasteiger partial charge is 0.252 e. The van der Waals surface area contributed by atoms with Gasteiger partial charge in [0.2, 0.25) is 0 Å². The van der Waals surface area contributed by atoms with Crippen LogP contribution in [-0.4, -0.2) is 44.5 Å². The van der Waals surface area contributed by atoms with E-state index in [1.165, 1.54) is 12.8 Å². The molecule has 1 aliphatic carbocycles. The zero-order valence-electron chi connectivity index (χ0n) is 10.5. The summed E-state index contributed by atoms with van der Waals surface area (Å²) >= 11 is 1.00. The number of nitrogens with two attached hydrogens (primary N) is 1. The number of aromatic nitrogens is 1. The van der Waals surface area contributed by atoms with E-state index in [1.54, 1.807) is 6.92 Å². The summed E-state index contributed by atoms with van der Waals surface area (Å²) in [4.78, 5) is 6.10. The quantitative estimate of drug-likeness (QED) is 0.792. The van der Waals surface area contributed by atoms with Crippen molar-refractivity contribution in [1.29, 1.82) is 0 Å². The van der Waals surface area contributed by atoms with Gasteiger partial charge in [0.1, 0.15) is 0 Å². The van der Waals surface area contributed by atoms with E-state index in [1.807, 2.05) is 7.05 Å². The molecule has 6 nitrogen and oxygen atoms in total. The normalized spacial score (nSPS) is 16.4. The first-order chi connectivity index (χ1) is 8.40. The van der Waals surface area contributed by atoms with Crippen LogP contribution < -0.4 is 10.5 Å². The third kappa shape index (κ3) is 3.19. The van der Waals surface area contributed by atoms with E-state index < -0.39 is 10.0 Å². The third-order valence-electron chi connectivity index (χ3n) is 2.94. The molecule has 0 bridgehead atoms. The Morgan fingerprint density at radius 1 is 1.56 bits per heavy atom. The van der Waals surface area contributed by atoms with E-state index in [2.05, 4.69) is 14.6 Å². The monoisotopic (exact) mass is 290 g/mol. The Bertz CT molecular complexity index is 522. The van der Waals surface area contributed by atoms with Gasteiger partial charge in [-0.3, -0.25) is 0 Å². The maximum absolute atomic E-state index is 12.0. The molecule has 3 N–H and O–H groups in total. The SMILES string of the molecule is Cc1nc(N)sc1S(=O)(=O)NCCN(C)C1CC1. The number of hydrogen-bond donors (Lipinski definition) is 2. The first kappa shape index (κ1) is 13.7. The van der Waals surface area contributed by atoms with Crippen molar-refractivity contribution in [2.75, 3.05) is 25.9 Å². The van der Waals surface area contributed by atoms with Crippen LogP contribution in [0.2, 0.25) is 0 Å². The third-order valence-corrected chi connectivity index (χ3v) is 6.00. The summed E-state index contributed by atoms with van der Waals surface area (Å²) in [5.41, 5.74) is 5.97. The fourth-order valence-corrected chi connectivity index (χ4v) is 4.13. The zero-order valence-corrected chi connectivity index (χ0v) is 12.1. The van der Waals surface area contributed by atoms with Gasteiger partial charge in [-0.1, -0.05) is 11.3 Å². The van der Waals surface area contributed by atoms with Gasteiger partial charge in [-0.2, -0.15) is 0 Å². The first-order valence-electron chi connectivity index (χ1n) is 5.83. The van der Waals surface area contributed by atoms with Crippen molar-refractivity contribution in [2.24, 2.45) is 0 Å². The summed E-state index contributed by atoms with van der Waals surface area (Å²) in [6.07, 6.45) is 2.43. The van der Waals surface area contributed by atoms with E-state index in [-0.39, 0.29) is 9.34 Å². The molecule has 1 aromatic rings. The van der Waals surface area contributed by atoms with Crippen molar-refractivity contribution in [3.05, 3.63) is 5.69 Å². The van der Waals surface area contributed by atoms with Crippen LogP contribution in [-0.2, 0) is 10.0 Å². The van der Waals surface area contributed by atoms with Gasteiger partial charge in [0.15, 0.2) is 9.34 Å². The van der Waals surface area contributed by atoms with Crippen LogP contribution in [0.1, 0.15) is 18.5 Å². The summed E-state index contributed by atoms with van der Waals surface area (Å²) < 4.78 is 26.8. The summed E-state index contributed by atoms with van der Waals surface area (Å²) in [6.45, 7) is 2.78. The van der Waals surface area contributed by atoms with Gasteiger partial charge in [-0.25, -0.2) is 18.1 Å². The average Bonchev–Trinajstić information content (AvgIpc) is 3.04. The lowest BCUT2D eigenvalue weighted by Gasteiger charge is -2.15. The molecule has 0 aromatic carbocycles. The molecule has 2 rings (SSSR count). The molecule has 18 heavy (non-hydrogen) atoms. The standard InChI is InChI=1S/C10H18N4O2S2/c1-7-9(17-10(11)13-7)18(15,16)12-5-6-14(2)8-3-4-8/h8,12H,3-6H2,1-2H3,(H2,11,13). The van der Waals surface area contributed by atoms with E-state index >= 15 is 0 Å². The Morgan fingerprint density at radius 2 is 2.22 bits per heavy atom. The molecule has 0 unspecified atom stereocenters. The molecule has 0 radical (unpaired) electrons. The number of nitrogens with one attached hydrogen (secondary N) is 1. The van der Waals surface area contributed by atoms with Crippen LogP contribution in [0.5, 0.6) is 0 Å². The predicted molar refractivity (Wildman–Crippen MR) is 72.1 cm³/mol. The van der Waals surface area contributed by atoms with Crippen molar-refractivity contribution in [3.8, 4) is 0 Å². The lowest BCUT2D eigenvalue weighted by atomic mass is 10.5. The highest BCUT2D eigenvalue weighted by molar-refractivity contribution is 7.91. The fourth-order valence-electron chi connectivity index (χ4n) is 1.77. The van der Waals surface area contributed by atoms with Crippen LogP contribution in [0.15, 0.2) is 4.21 Å². The molecule has 8 heteroatoms. The van der Waals surface area contributed by atoms with Crippen LogP contribution in [0, 0.1) is 6.92 Å². The molecule has 0 amide bonds. The highest BCUT2D eigenvalue weighted by Crippen LogP contribution is 2.25. The van der Waals surface area contributed by atoms with Crippen molar-refractivity contribution >= 4 is 26.5 Å². The lowest BCUT2D eigenvalue weighted by molar-refractivity contribution is 0.329. The molecule has 0 saturated heterocycles. The van der Waals surface area contributed by atoms with Crippen LogP contribution in [0.3, 0.4) is 0 Å². The first-order valence-corrected chi connectivity index (χ1v) is 8.13. The number of nitrogen functional groups attached to an aromatic ring is 1. The van der Waals surface area contributed by atoms with Crippen molar-refractivity contribution in [1.82, 2.24) is 14.6 Å². The number of nitrogens with zero attached hydrogens (tertiary/aromatic N) is 2. The maximum Gasteiger partial charge on any atom is 0.252 e. The van der Waals surface area contributed by atoms with E-state index in [0.29, 0.717) is 18.3 Å². The number of anilines is 1. The Morgan fingerprint density at radius 3 is 2.72 bits per heavy atom. The molecule has 1 aliphatic rings. The van der Waals surface area contributed by atoms with Gasteiger partial charge in [0, 0.05) is 19.1 Å². The Kier molecular flexibility index (Phi) is 3.90. The summed E-state index contributed by atoms with van der Waals surface area (Å²) in [5, 5.41) is 0.281. The Balaban J connectivity index is 1.92. The van der Waals surface area contributed by atoms with Crippen molar-refractivity contribution in [3.63, 3.8) is 0 Å². The topological polar surface area (TPSA) is 88.3 Å². The Hall–Kier alpha value is -0.700. The number of aryl methyl sites for hydroxylation is 1. The highest BCUT2D eigenvalue weighted by atomic mass is 32.2. The molecule has 0 atom stereocenters. The second-order valence-electron chi connectivity index (χ2n) is 4.53. The summed E-state index contributed by atoms with van der Waals surface area (Å²) in [7, 11) is -1.46. The van der Waals surface area contributed by atoms with E-state index in [4.69, 9.17) is 5.73 Å². The molecule has 0 aliphatic heterocycles. The predicted octanol–water partition coefficient (Wildman–Crippen LogP) is 0.406. The number of rotatable bonds is 6. The summed E-state index contributed by atoms with van der Waals surface area (Å²) in [6, 6.07) is 0.635.